The van der Waals surface area contributed by atoms with Crippen LogP contribution >= 0.6 is 0 Å². The maximum absolute atomic E-state index is 15.0. The Kier molecular flexibility index (Phi) is 9.03. The van der Waals surface area contributed by atoms with Crippen molar-refractivity contribution in [1.82, 2.24) is 0 Å². The summed E-state index contributed by atoms with van der Waals surface area (Å²) in [5, 5.41) is 0. The van der Waals surface area contributed by atoms with Gasteiger partial charge in [0, 0.05) is 17.0 Å². The van der Waals surface area contributed by atoms with E-state index in [0.717, 1.165) is 44.1 Å². The predicted octanol–water partition coefficient (Wildman–Crippen LogP) is 9.60. The molecular weight excluding hydrogens is 457 g/mol. The van der Waals surface area contributed by atoms with Crippen molar-refractivity contribution < 1.29 is 17.9 Å². The Labute approximate surface area is 213 Å². The van der Waals surface area contributed by atoms with Crippen LogP contribution in [0, 0.1) is 23.4 Å². The first-order valence-electron chi connectivity index (χ1n) is 13.1. The molecule has 36 heavy (non-hydrogen) atoms. The first kappa shape index (κ1) is 26.2. The highest BCUT2D eigenvalue weighted by atomic mass is 19.2. The second-order valence-corrected chi connectivity index (χ2v) is 9.78. The highest BCUT2D eigenvalue weighted by molar-refractivity contribution is 5.71. The monoisotopic (exact) mass is 492 g/mol. The van der Waals surface area contributed by atoms with Gasteiger partial charge in [-0.2, -0.15) is 0 Å². The second-order valence-electron chi connectivity index (χ2n) is 9.78. The van der Waals surface area contributed by atoms with E-state index in [1.54, 1.807) is 42.5 Å². The predicted molar refractivity (Wildman–Crippen MR) is 141 cm³/mol. The third-order valence-electron chi connectivity index (χ3n) is 7.23. The van der Waals surface area contributed by atoms with Gasteiger partial charge in [-0.1, -0.05) is 87.2 Å². The SMILES string of the molecule is C=CC1CCC(c2ccc(-c3ccc(-c4ccc(CCCCCCC)c(F)c4F)cc3)c(F)c2)OC1. The number of unbranched alkanes of at least 4 members (excludes halogenated alkanes) is 4. The molecule has 4 heteroatoms. The lowest BCUT2D eigenvalue weighted by molar-refractivity contribution is -0.00528. The Morgan fingerprint density at radius 2 is 1.53 bits per heavy atom. The van der Waals surface area contributed by atoms with Crippen LogP contribution in [0.4, 0.5) is 13.2 Å². The van der Waals surface area contributed by atoms with E-state index in [9.17, 15) is 8.78 Å². The van der Waals surface area contributed by atoms with E-state index in [-0.39, 0.29) is 17.5 Å². The van der Waals surface area contributed by atoms with E-state index in [1.165, 1.54) is 12.5 Å². The Morgan fingerprint density at radius 1 is 0.833 bits per heavy atom. The molecule has 0 radical (unpaired) electrons. The van der Waals surface area contributed by atoms with Crippen molar-refractivity contribution >= 4 is 0 Å². The molecule has 0 amide bonds. The van der Waals surface area contributed by atoms with E-state index in [2.05, 4.69) is 13.5 Å². The molecule has 2 atom stereocenters. The fourth-order valence-corrected chi connectivity index (χ4v) is 4.94. The first-order chi connectivity index (χ1) is 17.5. The van der Waals surface area contributed by atoms with Crippen LogP contribution in [0.3, 0.4) is 0 Å². The van der Waals surface area contributed by atoms with E-state index >= 15 is 4.39 Å². The Hall–Kier alpha value is -2.85. The summed E-state index contributed by atoms with van der Waals surface area (Å²) in [6, 6.07) is 15.5. The topological polar surface area (TPSA) is 9.23 Å². The fraction of sp³-hybridized carbons (Fsp3) is 0.375. The van der Waals surface area contributed by atoms with Crippen molar-refractivity contribution in [3.63, 3.8) is 0 Å². The van der Waals surface area contributed by atoms with Gasteiger partial charge in [0.25, 0.3) is 0 Å². The Balaban J connectivity index is 1.45. The van der Waals surface area contributed by atoms with Gasteiger partial charge >= 0.3 is 0 Å². The van der Waals surface area contributed by atoms with Crippen molar-refractivity contribution in [2.24, 2.45) is 5.92 Å². The van der Waals surface area contributed by atoms with Crippen molar-refractivity contribution in [1.29, 1.82) is 0 Å². The molecule has 1 heterocycles. The lowest BCUT2D eigenvalue weighted by atomic mass is 9.93. The van der Waals surface area contributed by atoms with Gasteiger partial charge in [-0.15, -0.1) is 6.58 Å². The van der Waals surface area contributed by atoms with E-state index in [1.807, 2.05) is 12.1 Å². The van der Waals surface area contributed by atoms with Crippen molar-refractivity contribution in [2.45, 2.75) is 64.4 Å². The minimum absolute atomic E-state index is 0.107. The third kappa shape index (κ3) is 6.10. The van der Waals surface area contributed by atoms with Crippen molar-refractivity contribution in [2.75, 3.05) is 6.61 Å². The van der Waals surface area contributed by atoms with E-state index in [0.29, 0.717) is 41.2 Å². The highest BCUT2D eigenvalue weighted by Crippen LogP contribution is 2.34. The normalized spacial score (nSPS) is 17.8. The third-order valence-corrected chi connectivity index (χ3v) is 7.23. The molecule has 1 fully saturated rings. The van der Waals surface area contributed by atoms with Gasteiger partial charge in [0.1, 0.15) is 5.82 Å². The molecular formula is C32H35F3O. The lowest BCUT2D eigenvalue weighted by Crippen LogP contribution is -2.19. The molecule has 0 saturated carbocycles. The zero-order valence-electron chi connectivity index (χ0n) is 21.0. The standard InChI is InChI=1S/C32H35F3O/c1-3-5-6-7-8-9-25-15-18-28(32(35)31(25)34)24-13-11-23(12-14-24)27-17-16-26(20-29(27)33)30-19-10-22(4-2)21-36-30/h4,11-18,20,22,30H,2-3,5-10,19,21H2,1H3. The number of hydrogen-bond donors (Lipinski definition) is 0. The molecule has 190 valence electrons. The Bertz CT molecular complexity index is 1160. The molecule has 4 rings (SSSR count). The quantitative estimate of drug-likeness (QED) is 0.202. The molecule has 0 N–H and O–H groups in total. The van der Waals surface area contributed by atoms with Crippen LogP contribution in [-0.4, -0.2) is 6.61 Å². The van der Waals surface area contributed by atoms with Crippen LogP contribution < -0.4 is 0 Å². The van der Waals surface area contributed by atoms with E-state index in [4.69, 9.17) is 4.74 Å². The van der Waals surface area contributed by atoms with Crippen molar-refractivity contribution in [3.8, 4) is 22.3 Å². The summed E-state index contributed by atoms with van der Waals surface area (Å²) in [5.74, 6) is -1.56. The summed E-state index contributed by atoms with van der Waals surface area (Å²) in [7, 11) is 0. The first-order valence-corrected chi connectivity index (χ1v) is 13.1. The molecule has 0 aliphatic carbocycles. The fourth-order valence-electron chi connectivity index (χ4n) is 4.94. The smallest absolute Gasteiger partial charge is 0.166 e. The number of rotatable bonds is 10. The number of benzene rings is 3. The summed E-state index contributed by atoms with van der Waals surface area (Å²) < 4.78 is 50.5. The van der Waals surface area contributed by atoms with Crippen LogP contribution in [0.2, 0.25) is 0 Å². The molecule has 1 nitrogen and oxygen atoms in total. The average Bonchev–Trinajstić information content (AvgIpc) is 2.91. The van der Waals surface area contributed by atoms with Gasteiger partial charge in [-0.25, -0.2) is 13.2 Å². The summed E-state index contributed by atoms with van der Waals surface area (Å²) >= 11 is 0. The summed E-state index contributed by atoms with van der Waals surface area (Å²) in [4.78, 5) is 0. The number of ether oxygens (including phenoxy) is 1. The maximum atomic E-state index is 15.0. The molecule has 1 aliphatic heterocycles. The van der Waals surface area contributed by atoms with Gasteiger partial charge in [-0.05, 0) is 54.0 Å². The minimum Gasteiger partial charge on any atom is -0.373 e. The highest BCUT2D eigenvalue weighted by Gasteiger charge is 2.22. The molecule has 2 unspecified atom stereocenters. The zero-order valence-corrected chi connectivity index (χ0v) is 21.0. The molecule has 3 aromatic rings. The van der Waals surface area contributed by atoms with Gasteiger partial charge in [0.15, 0.2) is 11.6 Å². The van der Waals surface area contributed by atoms with Gasteiger partial charge < -0.3 is 4.74 Å². The average molecular weight is 493 g/mol. The van der Waals surface area contributed by atoms with Gasteiger partial charge in [0.2, 0.25) is 0 Å². The van der Waals surface area contributed by atoms with E-state index < -0.39 is 11.6 Å². The Morgan fingerprint density at radius 3 is 2.17 bits per heavy atom. The van der Waals surface area contributed by atoms with Gasteiger partial charge in [0.05, 0.1) is 12.7 Å². The molecule has 0 aromatic heterocycles. The summed E-state index contributed by atoms with van der Waals surface area (Å²) in [5.41, 5.74) is 3.19. The van der Waals surface area contributed by atoms with Crippen LogP contribution in [0.15, 0.2) is 67.3 Å². The van der Waals surface area contributed by atoms with Gasteiger partial charge in [-0.3, -0.25) is 0 Å². The molecule has 1 aliphatic rings. The largest absolute Gasteiger partial charge is 0.373 e. The van der Waals surface area contributed by atoms with Crippen LogP contribution in [0.25, 0.3) is 22.3 Å². The maximum Gasteiger partial charge on any atom is 0.166 e. The van der Waals surface area contributed by atoms with Crippen LogP contribution in [0.1, 0.15) is 69.1 Å². The van der Waals surface area contributed by atoms with Crippen LogP contribution in [0.5, 0.6) is 0 Å². The number of hydrogen-bond acceptors (Lipinski definition) is 1. The summed E-state index contributed by atoms with van der Waals surface area (Å²) in [6.07, 6.45) is 9.50. The molecule has 0 bridgehead atoms. The number of aryl methyl sites for hydroxylation is 1. The van der Waals surface area contributed by atoms with Crippen LogP contribution in [-0.2, 0) is 11.2 Å². The second kappa shape index (κ2) is 12.4. The lowest BCUT2D eigenvalue weighted by Gasteiger charge is -2.27. The minimum atomic E-state index is -0.824. The zero-order chi connectivity index (χ0) is 25.5. The molecule has 1 saturated heterocycles. The number of halogens is 3. The summed E-state index contributed by atoms with van der Waals surface area (Å²) in [6.45, 7) is 6.58. The molecule has 3 aromatic carbocycles. The molecule has 0 spiro atoms. The van der Waals surface area contributed by atoms with Crippen molar-refractivity contribution in [3.05, 3.63) is 95.8 Å².